The summed E-state index contributed by atoms with van der Waals surface area (Å²) >= 11 is 0. The van der Waals surface area contributed by atoms with Crippen molar-refractivity contribution in [1.29, 1.82) is 0 Å². The number of phenols is 1. The number of rotatable bonds is 2. The van der Waals surface area contributed by atoms with Gasteiger partial charge in [0.2, 0.25) is 0 Å². The normalized spacial score (nSPS) is 19.2. The maximum Gasteiger partial charge on any atom is 0.410 e. The lowest BCUT2D eigenvalue weighted by Crippen LogP contribution is -2.36. The van der Waals surface area contributed by atoms with E-state index in [1.54, 1.807) is 20.8 Å². The second-order valence-corrected chi connectivity index (χ2v) is 8.60. The molecule has 1 atom stereocenters. The van der Waals surface area contributed by atoms with Gasteiger partial charge in [-0.25, -0.2) is 13.2 Å². The first-order chi connectivity index (χ1) is 10.1. The largest absolute Gasteiger partial charge is 0.508 e. The van der Waals surface area contributed by atoms with Crippen LogP contribution in [0.4, 0.5) is 4.79 Å². The Bertz CT molecular complexity index is 646. The smallest absolute Gasteiger partial charge is 0.410 e. The fourth-order valence-corrected chi connectivity index (χ4v) is 3.99. The van der Waals surface area contributed by atoms with Gasteiger partial charge in [-0.05, 0) is 51.5 Å². The summed E-state index contributed by atoms with van der Waals surface area (Å²) in [6.07, 6.45) is -0.112. The number of aromatic hydroxyl groups is 1. The van der Waals surface area contributed by atoms with E-state index in [1.807, 2.05) is 0 Å². The molecule has 7 heteroatoms. The van der Waals surface area contributed by atoms with E-state index in [-0.39, 0.29) is 17.2 Å². The van der Waals surface area contributed by atoms with Crippen LogP contribution in [0.2, 0.25) is 0 Å². The lowest BCUT2D eigenvalue weighted by Gasteiger charge is -2.24. The zero-order valence-electron chi connectivity index (χ0n) is 12.9. The van der Waals surface area contributed by atoms with Crippen LogP contribution >= 0.6 is 0 Å². The van der Waals surface area contributed by atoms with Gasteiger partial charge in [-0.1, -0.05) is 0 Å². The monoisotopic (exact) mass is 327 g/mol. The number of ether oxygens (including phenoxy) is 1. The molecular formula is C15H21NO5S. The fourth-order valence-electron chi connectivity index (χ4n) is 2.30. The number of amides is 1. The molecule has 1 heterocycles. The van der Waals surface area contributed by atoms with Crippen molar-refractivity contribution < 1.29 is 23.1 Å². The summed E-state index contributed by atoms with van der Waals surface area (Å²) in [4.78, 5) is 13.6. The molecule has 0 spiro atoms. The van der Waals surface area contributed by atoms with Gasteiger partial charge in [-0.15, -0.1) is 0 Å². The molecule has 0 saturated carbocycles. The highest BCUT2D eigenvalue weighted by Crippen LogP contribution is 2.26. The van der Waals surface area contributed by atoms with Gasteiger partial charge in [0, 0.05) is 13.1 Å². The van der Waals surface area contributed by atoms with E-state index in [9.17, 15) is 18.3 Å². The number of likely N-dealkylation sites (tertiary alicyclic amines) is 1. The summed E-state index contributed by atoms with van der Waals surface area (Å²) in [6, 6.07) is 5.43. The van der Waals surface area contributed by atoms with Crippen LogP contribution in [0.25, 0.3) is 0 Å². The lowest BCUT2D eigenvalue weighted by atomic mass is 10.2. The second kappa shape index (κ2) is 5.79. The maximum atomic E-state index is 12.5. The van der Waals surface area contributed by atoms with E-state index in [1.165, 1.54) is 29.2 Å². The zero-order valence-corrected chi connectivity index (χ0v) is 13.8. The van der Waals surface area contributed by atoms with Crippen molar-refractivity contribution in [1.82, 2.24) is 4.90 Å². The van der Waals surface area contributed by atoms with Gasteiger partial charge in [-0.2, -0.15) is 0 Å². The third kappa shape index (κ3) is 3.71. The van der Waals surface area contributed by atoms with Crippen molar-refractivity contribution in [3.05, 3.63) is 24.3 Å². The third-order valence-corrected chi connectivity index (χ3v) is 5.59. The van der Waals surface area contributed by atoms with Crippen molar-refractivity contribution in [2.75, 3.05) is 13.1 Å². The zero-order chi connectivity index (χ0) is 16.5. The molecule has 0 aliphatic carbocycles. The summed E-state index contributed by atoms with van der Waals surface area (Å²) in [5.74, 6) is 0.0146. The number of nitrogens with zero attached hydrogens (tertiary/aromatic N) is 1. The molecule has 2 rings (SSSR count). The van der Waals surface area contributed by atoms with Crippen molar-refractivity contribution in [2.45, 2.75) is 42.9 Å². The molecule has 0 radical (unpaired) electrons. The lowest BCUT2D eigenvalue weighted by molar-refractivity contribution is 0.0295. The van der Waals surface area contributed by atoms with Crippen LogP contribution in [0.5, 0.6) is 5.75 Å². The number of hydrogen-bond acceptors (Lipinski definition) is 5. The van der Waals surface area contributed by atoms with Crippen LogP contribution in [-0.4, -0.2) is 48.5 Å². The van der Waals surface area contributed by atoms with E-state index in [4.69, 9.17) is 4.74 Å². The first kappa shape index (κ1) is 16.6. The Morgan fingerprint density at radius 3 is 2.41 bits per heavy atom. The molecular weight excluding hydrogens is 306 g/mol. The van der Waals surface area contributed by atoms with E-state index in [0.29, 0.717) is 13.0 Å². The Labute approximate surface area is 130 Å². The van der Waals surface area contributed by atoms with Crippen LogP contribution in [-0.2, 0) is 14.6 Å². The molecule has 0 bridgehead atoms. The predicted octanol–water partition coefficient (Wildman–Crippen LogP) is 2.18. The van der Waals surface area contributed by atoms with E-state index in [0.717, 1.165) is 0 Å². The van der Waals surface area contributed by atoms with Crippen LogP contribution in [0, 0.1) is 0 Å². The highest BCUT2D eigenvalue weighted by atomic mass is 32.2. The first-order valence-corrected chi connectivity index (χ1v) is 8.65. The molecule has 1 aromatic carbocycles. The number of phenolic OH excluding ortho intramolecular Hbond substituents is 1. The Kier molecular flexibility index (Phi) is 4.37. The molecule has 122 valence electrons. The number of carbonyl (C=O) groups excluding carboxylic acids is 1. The molecule has 1 aliphatic rings. The third-order valence-electron chi connectivity index (χ3n) is 3.40. The molecule has 22 heavy (non-hydrogen) atoms. The SMILES string of the molecule is CC(C)(C)OC(=O)N1CC[C@H](S(=O)(=O)c2ccc(O)cc2)C1. The van der Waals surface area contributed by atoms with Crippen LogP contribution in [0.15, 0.2) is 29.2 Å². The average molecular weight is 327 g/mol. The minimum Gasteiger partial charge on any atom is -0.508 e. The molecule has 1 amide bonds. The molecule has 1 aromatic rings. The summed E-state index contributed by atoms with van der Waals surface area (Å²) in [6.45, 7) is 5.79. The van der Waals surface area contributed by atoms with Crippen molar-refractivity contribution in [3.63, 3.8) is 0 Å². The van der Waals surface area contributed by atoms with Crippen molar-refractivity contribution in [2.24, 2.45) is 0 Å². The standard InChI is InChI=1S/C15H21NO5S/c1-15(2,3)21-14(18)16-9-8-13(10-16)22(19,20)12-6-4-11(17)5-7-12/h4-7,13,17H,8-10H2,1-3H3/t13-/m0/s1. The van der Waals surface area contributed by atoms with Gasteiger partial charge in [0.05, 0.1) is 10.1 Å². The number of sulfone groups is 1. The van der Waals surface area contributed by atoms with Gasteiger partial charge in [0.25, 0.3) is 0 Å². The molecule has 0 aromatic heterocycles. The Balaban J connectivity index is 2.09. The van der Waals surface area contributed by atoms with Gasteiger partial charge in [0.1, 0.15) is 11.4 Å². The Morgan fingerprint density at radius 2 is 1.86 bits per heavy atom. The van der Waals surface area contributed by atoms with Crippen molar-refractivity contribution in [3.8, 4) is 5.75 Å². The maximum absolute atomic E-state index is 12.5. The van der Waals surface area contributed by atoms with Crippen LogP contribution in [0.1, 0.15) is 27.2 Å². The van der Waals surface area contributed by atoms with E-state index < -0.39 is 26.8 Å². The molecule has 1 aliphatic heterocycles. The number of hydrogen-bond donors (Lipinski definition) is 1. The molecule has 1 N–H and O–H groups in total. The molecule has 0 unspecified atom stereocenters. The summed E-state index contributed by atoms with van der Waals surface area (Å²) in [5.41, 5.74) is -0.606. The van der Waals surface area contributed by atoms with Crippen LogP contribution < -0.4 is 0 Å². The van der Waals surface area contributed by atoms with Crippen LogP contribution in [0.3, 0.4) is 0 Å². The highest BCUT2D eigenvalue weighted by molar-refractivity contribution is 7.92. The topological polar surface area (TPSA) is 83.9 Å². The summed E-state index contributed by atoms with van der Waals surface area (Å²) in [5, 5.41) is 8.60. The van der Waals surface area contributed by atoms with Gasteiger partial charge in [-0.3, -0.25) is 0 Å². The van der Waals surface area contributed by atoms with Gasteiger partial charge < -0.3 is 14.7 Å². The first-order valence-electron chi connectivity index (χ1n) is 7.10. The second-order valence-electron chi connectivity index (χ2n) is 6.38. The van der Waals surface area contributed by atoms with Crippen molar-refractivity contribution >= 4 is 15.9 Å². The number of benzene rings is 1. The summed E-state index contributed by atoms with van der Waals surface area (Å²) in [7, 11) is -3.53. The minimum atomic E-state index is -3.53. The quantitative estimate of drug-likeness (QED) is 0.900. The number of carbonyl (C=O) groups is 1. The fraction of sp³-hybridized carbons (Fsp3) is 0.533. The minimum absolute atomic E-state index is 0.0146. The molecule has 1 saturated heterocycles. The van der Waals surface area contributed by atoms with Gasteiger partial charge in [0.15, 0.2) is 9.84 Å². The average Bonchev–Trinajstić information content (AvgIpc) is 2.87. The predicted molar refractivity (Wildman–Crippen MR) is 81.5 cm³/mol. The van der Waals surface area contributed by atoms with E-state index >= 15 is 0 Å². The Morgan fingerprint density at radius 1 is 1.27 bits per heavy atom. The molecule has 1 fully saturated rings. The van der Waals surface area contributed by atoms with E-state index in [2.05, 4.69) is 0 Å². The molecule has 6 nitrogen and oxygen atoms in total. The Hall–Kier alpha value is -1.76. The van der Waals surface area contributed by atoms with Gasteiger partial charge >= 0.3 is 6.09 Å². The highest BCUT2D eigenvalue weighted by Gasteiger charge is 2.37. The summed E-state index contributed by atoms with van der Waals surface area (Å²) < 4.78 is 30.3.